The molecule has 0 atom stereocenters. The van der Waals surface area contributed by atoms with Crippen molar-refractivity contribution in [2.75, 3.05) is 31.2 Å². The van der Waals surface area contributed by atoms with Crippen LogP contribution in [0, 0.1) is 0 Å². The molecule has 0 radical (unpaired) electrons. The molecule has 1 aliphatic heterocycles. The second-order valence-corrected chi connectivity index (χ2v) is 3.73. The molecule has 7 nitrogen and oxygen atoms in total. The van der Waals surface area contributed by atoms with Crippen LogP contribution < -0.4 is 10.5 Å². The van der Waals surface area contributed by atoms with E-state index in [0.717, 1.165) is 13.1 Å². The van der Waals surface area contributed by atoms with Crippen molar-refractivity contribution in [3.8, 4) is 0 Å². The molecule has 2 aromatic heterocycles. The molecule has 17 heavy (non-hydrogen) atoms. The second-order valence-electron chi connectivity index (χ2n) is 3.73. The number of H-pyrrole nitrogens is 1. The Kier molecular flexibility index (Phi) is 2.45. The standard InChI is InChI=1S/C10H11N5O2/c16-9-8-7(12-6-13-9)5-11-10(14-8)15-1-3-17-4-2-15/h5-6H,1-4H2,(H,12,13,16). The highest BCUT2D eigenvalue weighted by Gasteiger charge is 2.14. The predicted octanol–water partition coefficient (Wildman–Crippen LogP) is -0.450. The summed E-state index contributed by atoms with van der Waals surface area (Å²) in [6.45, 7) is 2.79. The first-order chi connectivity index (χ1) is 8.34. The highest BCUT2D eigenvalue weighted by molar-refractivity contribution is 5.72. The second kappa shape index (κ2) is 4.10. The zero-order chi connectivity index (χ0) is 11.7. The Morgan fingerprint density at radius 1 is 1.29 bits per heavy atom. The molecule has 1 saturated heterocycles. The summed E-state index contributed by atoms with van der Waals surface area (Å²) in [6, 6.07) is 0. The van der Waals surface area contributed by atoms with Gasteiger partial charge in [-0.1, -0.05) is 0 Å². The summed E-state index contributed by atoms with van der Waals surface area (Å²) >= 11 is 0. The van der Waals surface area contributed by atoms with Gasteiger partial charge in [-0.15, -0.1) is 0 Å². The van der Waals surface area contributed by atoms with Gasteiger partial charge in [-0.05, 0) is 0 Å². The van der Waals surface area contributed by atoms with Crippen LogP contribution in [0.5, 0.6) is 0 Å². The Balaban J connectivity index is 2.06. The Labute approximate surface area is 96.5 Å². The first-order valence-corrected chi connectivity index (χ1v) is 5.38. The summed E-state index contributed by atoms with van der Waals surface area (Å²) in [7, 11) is 0. The van der Waals surface area contributed by atoms with Gasteiger partial charge in [-0.2, -0.15) is 0 Å². The van der Waals surface area contributed by atoms with Gasteiger partial charge in [-0.25, -0.2) is 15.0 Å². The van der Waals surface area contributed by atoms with Crippen LogP contribution in [-0.4, -0.2) is 46.2 Å². The third-order valence-corrected chi connectivity index (χ3v) is 2.67. The minimum Gasteiger partial charge on any atom is -0.378 e. The summed E-state index contributed by atoms with van der Waals surface area (Å²) in [4.78, 5) is 28.6. The average molecular weight is 233 g/mol. The Morgan fingerprint density at radius 3 is 2.94 bits per heavy atom. The van der Waals surface area contributed by atoms with Crippen LogP contribution >= 0.6 is 0 Å². The number of ether oxygens (including phenoxy) is 1. The van der Waals surface area contributed by atoms with Gasteiger partial charge < -0.3 is 14.6 Å². The SMILES string of the molecule is O=c1[nH]cnc2cnc(N3CCOCC3)nc12. The van der Waals surface area contributed by atoms with E-state index < -0.39 is 0 Å². The van der Waals surface area contributed by atoms with Crippen molar-refractivity contribution >= 4 is 17.0 Å². The molecule has 1 N–H and O–H groups in total. The fourth-order valence-corrected chi connectivity index (χ4v) is 1.77. The maximum Gasteiger partial charge on any atom is 0.277 e. The van der Waals surface area contributed by atoms with E-state index in [0.29, 0.717) is 30.2 Å². The van der Waals surface area contributed by atoms with Gasteiger partial charge in [0.2, 0.25) is 5.95 Å². The Hall–Kier alpha value is -2.02. The van der Waals surface area contributed by atoms with Gasteiger partial charge in [0.15, 0.2) is 5.52 Å². The van der Waals surface area contributed by atoms with Gasteiger partial charge in [-0.3, -0.25) is 4.79 Å². The van der Waals surface area contributed by atoms with E-state index in [2.05, 4.69) is 19.9 Å². The molecule has 0 aromatic carbocycles. The Morgan fingerprint density at radius 2 is 2.12 bits per heavy atom. The number of anilines is 1. The molecule has 88 valence electrons. The molecule has 0 amide bonds. The number of rotatable bonds is 1. The van der Waals surface area contributed by atoms with Crippen LogP contribution in [0.2, 0.25) is 0 Å². The zero-order valence-corrected chi connectivity index (χ0v) is 9.09. The van der Waals surface area contributed by atoms with Crippen molar-refractivity contribution in [1.29, 1.82) is 0 Å². The van der Waals surface area contributed by atoms with Crippen molar-refractivity contribution in [1.82, 2.24) is 19.9 Å². The number of hydrogen-bond donors (Lipinski definition) is 1. The minimum atomic E-state index is -0.244. The number of nitrogens with zero attached hydrogens (tertiary/aromatic N) is 4. The van der Waals surface area contributed by atoms with E-state index in [9.17, 15) is 4.79 Å². The predicted molar refractivity (Wildman–Crippen MR) is 61.0 cm³/mol. The van der Waals surface area contributed by atoms with Crippen LogP contribution in [0.1, 0.15) is 0 Å². The molecular formula is C10H11N5O2. The van der Waals surface area contributed by atoms with Gasteiger partial charge in [0.05, 0.1) is 25.7 Å². The van der Waals surface area contributed by atoms with E-state index in [1.165, 1.54) is 6.33 Å². The summed E-state index contributed by atoms with van der Waals surface area (Å²) in [5.41, 5.74) is 0.585. The van der Waals surface area contributed by atoms with E-state index >= 15 is 0 Å². The average Bonchev–Trinajstić information content (AvgIpc) is 2.40. The van der Waals surface area contributed by atoms with E-state index in [1.54, 1.807) is 6.20 Å². The molecule has 0 saturated carbocycles. The quantitative estimate of drug-likeness (QED) is 0.718. The third-order valence-electron chi connectivity index (χ3n) is 2.67. The van der Waals surface area contributed by atoms with Crippen LogP contribution in [0.4, 0.5) is 5.95 Å². The van der Waals surface area contributed by atoms with Crippen molar-refractivity contribution in [2.24, 2.45) is 0 Å². The molecule has 2 aromatic rings. The van der Waals surface area contributed by atoms with Crippen LogP contribution in [0.3, 0.4) is 0 Å². The molecule has 0 aliphatic carbocycles. The van der Waals surface area contributed by atoms with Gasteiger partial charge in [0.1, 0.15) is 5.52 Å². The fraction of sp³-hybridized carbons (Fsp3) is 0.400. The van der Waals surface area contributed by atoms with Crippen LogP contribution in [-0.2, 0) is 4.74 Å². The molecule has 3 rings (SSSR count). The molecule has 0 spiro atoms. The maximum absolute atomic E-state index is 11.6. The third kappa shape index (κ3) is 1.84. The molecule has 3 heterocycles. The molecule has 1 aliphatic rings. The number of hydrogen-bond acceptors (Lipinski definition) is 6. The first-order valence-electron chi connectivity index (χ1n) is 5.38. The first kappa shape index (κ1) is 10.2. The van der Waals surface area contributed by atoms with Crippen molar-refractivity contribution < 1.29 is 4.74 Å². The zero-order valence-electron chi connectivity index (χ0n) is 9.09. The summed E-state index contributed by atoms with van der Waals surface area (Å²) < 4.78 is 5.25. The van der Waals surface area contributed by atoms with Crippen LogP contribution in [0.15, 0.2) is 17.3 Å². The lowest BCUT2D eigenvalue weighted by Gasteiger charge is -2.26. The number of nitrogens with one attached hydrogen (secondary N) is 1. The molecular weight excluding hydrogens is 222 g/mol. The monoisotopic (exact) mass is 233 g/mol. The summed E-state index contributed by atoms with van der Waals surface area (Å²) in [5, 5.41) is 0. The Bertz CT molecular complexity index is 591. The number of fused-ring (bicyclic) bond motifs is 1. The normalized spacial score (nSPS) is 16.4. The number of aromatic nitrogens is 4. The van der Waals surface area contributed by atoms with E-state index in [1.807, 2.05) is 4.90 Å². The minimum absolute atomic E-state index is 0.244. The largest absolute Gasteiger partial charge is 0.378 e. The summed E-state index contributed by atoms with van der Waals surface area (Å²) in [6.07, 6.45) is 2.92. The van der Waals surface area contributed by atoms with Crippen molar-refractivity contribution in [2.45, 2.75) is 0 Å². The molecule has 0 unspecified atom stereocenters. The summed E-state index contributed by atoms with van der Waals surface area (Å²) in [5.74, 6) is 0.555. The molecule has 1 fully saturated rings. The van der Waals surface area contributed by atoms with E-state index in [-0.39, 0.29) is 5.56 Å². The molecule has 7 heteroatoms. The highest BCUT2D eigenvalue weighted by Crippen LogP contribution is 2.11. The lowest BCUT2D eigenvalue weighted by molar-refractivity contribution is 0.122. The topological polar surface area (TPSA) is 84.0 Å². The molecule has 0 bridgehead atoms. The van der Waals surface area contributed by atoms with Crippen molar-refractivity contribution in [3.63, 3.8) is 0 Å². The van der Waals surface area contributed by atoms with Gasteiger partial charge in [0, 0.05) is 13.1 Å². The maximum atomic E-state index is 11.6. The van der Waals surface area contributed by atoms with Gasteiger partial charge >= 0.3 is 0 Å². The number of aromatic amines is 1. The van der Waals surface area contributed by atoms with Crippen molar-refractivity contribution in [3.05, 3.63) is 22.9 Å². The fourth-order valence-electron chi connectivity index (χ4n) is 1.77. The number of morpholine rings is 1. The highest BCUT2D eigenvalue weighted by atomic mass is 16.5. The lowest BCUT2D eigenvalue weighted by atomic mass is 10.4. The van der Waals surface area contributed by atoms with E-state index in [4.69, 9.17) is 4.74 Å². The van der Waals surface area contributed by atoms with Gasteiger partial charge in [0.25, 0.3) is 5.56 Å². The van der Waals surface area contributed by atoms with Crippen LogP contribution in [0.25, 0.3) is 11.0 Å². The lowest BCUT2D eigenvalue weighted by Crippen LogP contribution is -2.37. The smallest absolute Gasteiger partial charge is 0.277 e.